The van der Waals surface area contributed by atoms with Gasteiger partial charge in [-0.1, -0.05) is 12.1 Å². The maximum absolute atomic E-state index is 12.5. The molecule has 0 saturated carbocycles. The molecule has 12 heteroatoms. The molecule has 1 heterocycles. The molecule has 2 amide bonds. The number of carbonyl (C=O) groups is 2. The molecule has 0 radical (unpaired) electrons. The minimum absolute atomic E-state index is 0. The Morgan fingerprint density at radius 2 is 1.90 bits per heavy atom. The molecule has 0 spiro atoms. The molecule has 1 fully saturated rings. The van der Waals surface area contributed by atoms with E-state index in [1.54, 1.807) is 31.3 Å². The van der Waals surface area contributed by atoms with Gasteiger partial charge in [0.15, 0.2) is 5.96 Å². The lowest BCUT2D eigenvalue weighted by atomic mass is 10.1. The number of amides is 2. The highest BCUT2D eigenvalue weighted by molar-refractivity contribution is 14.0. The number of nitrogens with one attached hydrogen (secondary N) is 3. The van der Waals surface area contributed by atoms with Crippen molar-refractivity contribution in [3.8, 4) is 0 Å². The number of primary amides is 1. The fourth-order valence-electron chi connectivity index (χ4n) is 2.96. The van der Waals surface area contributed by atoms with E-state index in [1.807, 2.05) is 0 Å². The normalized spacial score (nSPS) is 17.2. The third-order valence-corrected chi connectivity index (χ3v) is 4.34. The standard InChI is InChI=1S/C18H25F3N6O2.HI/c1-23-17(26-14-6-7-27(10-14)11-18(19,20)21)25-8-12-2-4-13(5-3-12)16(29)24-9-15(22)28;/h2-5,14H,6-11H2,1H3,(H2,22,28)(H,24,29)(H2,23,25,26);1H. The summed E-state index contributed by atoms with van der Waals surface area (Å²) < 4.78 is 37.5. The van der Waals surface area contributed by atoms with Crippen LogP contribution in [0.1, 0.15) is 22.3 Å². The molecule has 1 aliphatic rings. The lowest BCUT2D eigenvalue weighted by Gasteiger charge is -2.19. The quantitative estimate of drug-likeness (QED) is 0.232. The average molecular weight is 542 g/mol. The first-order chi connectivity index (χ1) is 13.7. The Bertz CT molecular complexity index is 742. The van der Waals surface area contributed by atoms with Gasteiger partial charge >= 0.3 is 6.18 Å². The summed E-state index contributed by atoms with van der Waals surface area (Å²) in [5, 5.41) is 8.63. The SMILES string of the molecule is CN=C(NCc1ccc(C(=O)NCC(N)=O)cc1)NC1CCN(CC(F)(F)F)C1.I. The fourth-order valence-corrected chi connectivity index (χ4v) is 2.96. The summed E-state index contributed by atoms with van der Waals surface area (Å²) in [6, 6.07) is 6.63. The molecular weight excluding hydrogens is 516 g/mol. The van der Waals surface area contributed by atoms with Crippen molar-refractivity contribution in [3.05, 3.63) is 35.4 Å². The van der Waals surface area contributed by atoms with Gasteiger partial charge in [-0.2, -0.15) is 13.2 Å². The van der Waals surface area contributed by atoms with Gasteiger partial charge in [-0.3, -0.25) is 19.5 Å². The highest BCUT2D eigenvalue weighted by Crippen LogP contribution is 2.19. The summed E-state index contributed by atoms with van der Waals surface area (Å²) in [4.78, 5) is 28.0. The van der Waals surface area contributed by atoms with Crippen LogP contribution in [0.2, 0.25) is 0 Å². The van der Waals surface area contributed by atoms with Crippen molar-refractivity contribution in [2.24, 2.45) is 10.7 Å². The zero-order chi connectivity index (χ0) is 21.4. The predicted molar refractivity (Wildman–Crippen MR) is 118 cm³/mol. The van der Waals surface area contributed by atoms with Crippen molar-refractivity contribution in [3.63, 3.8) is 0 Å². The summed E-state index contributed by atoms with van der Waals surface area (Å²) in [5.74, 6) is -0.528. The van der Waals surface area contributed by atoms with Crippen molar-refractivity contribution in [2.45, 2.75) is 25.2 Å². The van der Waals surface area contributed by atoms with Crippen molar-refractivity contribution in [1.82, 2.24) is 20.9 Å². The number of guanidine groups is 1. The number of hydrogen-bond acceptors (Lipinski definition) is 4. The van der Waals surface area contributed by atoms with Gasteiger partial charge in [-0.15, -0.1) is 24.0 Å². The third kappa shape index (κ3) is 9.15. The number of likely N-dealkylation sites (tertiary alicyclic amines) is 1. The molecule has 1 aromatic carbocycles. The molecule has 1 unspecified atom stereocenters. The van der Waals surface area contributed by atoms with Crippen molar-refractivity contribution in [2.75, 3.05) is 33.2 Å². The Morgan fingerprint density at radius 3 is 2.47 bits per heavy atom. The molecule has 5 N–H and O–H groups in total. The monoisotopic (exact) mass is 542 g/mol. The van der Waals surface area contributed by atoms with Crippen LogP contribution in [0.15, 0.2) is 29.3 Å². The van der Waals surface area contributed by atoms with Crippen LogP contribution in [0.3, 0.4) is 0 Å². The summed E-state index contributed by atoms with van der Waals surface area (Å²) in [7, 11) is 1.59. The molecule has 0 bridgehead atoms. The maximum atomic E-state index is 12.5. The van der Waals surface area contributed by atoms with Gasteiger partial charge < -0.3 is 21.7 Å². The van der Waals surface area contributed by atoms with Crippen LogP contribution in [0, 0.1) is 0 Å². The van der Waals surface area contributed by atoms with Crippen LogP contribution in [0.4, 0.5) is 13.2 Å². The Labute approximate surface area is 189 Å². The zero-order valence-corrected chi connectivity index (χ0v) is 18.8. The second kappa shape index (κ2) is 11.9. The number of carbonyl (C=O) groups excluding carboxylic acids is 2. The van der Waals surface area contributed by atoms with Gasteiger partial charge in [-0.05, 0) is 24.1 Å². The van der Waals surface area contributed by atoms with Crippen LogP contribution in [-0.4, -0.2) is 68.1 Å². The van der Waals surface area contributed by atoms with Crippen molar-refractivity contribution >= 4 is 41.8 Å². The number of nitrogens with zero attached hydrogens (tertiary/aromatic N) is 2. The Hall–Kier alpha value is -2.09. The molecule has 30 heavy (non-hydrogen) atoms. The summed E-state index contributed by atoms with van der Waals surface area (Å²) >= 11 is 0. The first kappa shape index (κ1) is 25.9. The largest absolute Gasteiger partial charge is 0.401 e. The highest BCUT2D eigenvalue weighted by Gasteiger charge is 2.34. The fraction of sp³-hybridized carbons (Fsp3) is 0.500. The van der Waals surface area contributed by atoms with Crippen molar-refractivity contribution in [1.29, 1.82) is 0 Å². The van der Waals surface area contributed by atoms with E-state index in [4.69, 9.17) is 5.73 Å². The van der Waals surface area contributed by atoms with Gasteiger partial charge in [0.25, 0.3) is 5.91 Å². The van der Waals surface area contributed by atoms with E-state index in [9.17, 15) is 22.8 Å². The van der Waals surface area contributed by atoms with Crippen molar-refractivity contribution < 1.29 is 22.8 Å². The van der Waals surface area contributed by atoms with Gasteiger partial charge in [0.2, 0.25) is 5.91 Å². The number of rotatable bonds is 7. The number of hydrogen-bond donors (Lipinski definition) is 4. The minimum atomic E-state index is -4.20. The van der Waals surface area contributed by atoms with Gasteiger partial charge in [0.1, 0.15) is 0 Å². The van der Waals surface area contributed by atoms with E-state index in [-0.39, 0.29) is 36.6 Å². The second-order valence-corrected chi connectivity index (χ2v) is 6.75. The van der Waals surface area contributed by atoms with Crippen LogP contribution < -0.4 is 21.7 Å². The van der Waals surface area contributed by atoms with Crippen LogP contribution in [0.25, 0.3) is 0 Å². The Morgan fingerprint density at radius 1 is 1.23 bits per heavy atom. The molecule has 1 aliphatic heterocycles. The van der Waals surface area contributed by atoms with E-state index in [2.05, 4.69) is 20.9 Å². The molecule has 8 nitrogen and oxygen atoms in total. The molecule has 1 saturated heterocycles. The molecule has 2 rings (SSSR count). The third-order valence-electron chi connectivity index (χ3n) is 4.34. The number of benzene rings is 1. The van der Waals surface area contributed by atoms with E-state index in [0.29, 0.717) is 37.6 Å². The molecule has 1 aromatic rings. The molecule has 168 valence electrons. The smallest absolute Gasteiger partial charge is 0.368 e. The molecule has 0 aromatic heterocycles. The first-order valence-corrected chi connectivity index (χ1v) is 9.08. The van der Waals surface area contributed by atoms with E-state index in [1.165, 1.54) is 4.90 Å². The Balaban J connectivity index is 0.00000450. The van der Waals surface area contributed by atoms with Gasteiger partial charge in [0, 0.05) is 38.3 Å². The highest BCUT2D eigenvalue weighted by atomic mass is 127. The lowest BCUT2D eigenvalue weighted by molar-refractivity contribution is -0.143. The topological polar surface area (TPSA) is 112 Å². The minimum Gasteiger partial charge on any atom is -0.368 e. The first-order valence-electron chi connectivity index (χ1n) is 9.08. The van der Waals surface area contributed by atoms with Gasteiger partial charge in [-0.25, -0.2) is 0 Å². The van der Waals surface area contributed by atoms with E-state index in [0.717, 1.165) is 5.56 Å². The summed E-state index contributed by atoms with van der Waals surface area (Å²) in [6.45, 7) is -0.0348. The van der Waals surface area contributed by atoms with Gasteiger partial charge in [0.05, 0.1) is 13.1 Å². The molecule has 1 atom stereocenters. The van der Waals surface area contributed by atoms with Crippen LogP contribution >= 0.6 is 24.0 Å². The second-order valence-electron chi connectivity index (χ2n) is 6.75. The van der Waals surface area contributed by atoms with E-state index >= 15 is 0 Å². The van der Waals surface area contributed by atoms with Crippen LogP contribution in [0.5, 0.6) is 0 Å². The number of halogens is 4. The number of aliphatic imine (C=N–C) groups is 1. The molecule has 0 aliphatic carbocycles. The maximum Gasteiger partial charge on any atom is 0.401 e. The molecular formula is C18H26F3IN6O2. The predicted octanol–water partition coefficient (Wildman–Crippen LogP) is 0.821. The zero-order valence-electron chi connectivity index (χ0n) is 16.5. The summed E-state index contributed by atoms with van der Waals surface area (Å²) in [5.41, 5.74) is 6.26. The Kier molecular flexibility index (Phi) is 10.3. The van der Waals surface area contributed by atoms with Crippen LogP contribution in [-0.2, 0) is 11.3 Å². The lowest BCUT2D eigenvalue weighted by Crippen LogP contribution is -2.44. The van der Waals surface area contributed by atoms with E-state index < -0.39 is 24.5 Å². The number of nitrogens with two attached hydrogens (primary N) is 1. The number of alkyl halides is 3. The average Bonchev–Trinajstić information content (AvgIpc) is 3.08. The summed E-state index contributed by atoms with van der Waals surface area (Å²) in [6.07, 6.45) is -3.59.